The molecule has 0 aromatic heterocycles. The first-order valence-corrected chi connectivity index (χ1v) is 6.79. The second-order valence-corrected chi connectivity index (χ2v) is 5.21. The van der Waals surface area contributed by atoms with Crippen LogP contribution in [0.4, 0.5) is 0 Å². The first kappa shape index (κ1) is 15.0. The fraction of sp³-hybridized carbons (Fsp3) is 0.400. The van der Waals surface area contributed by atoms with Gasteiger partial charge in [0.1, 0.15) is 6.04 Å². The van der Waals surface area contributed by atoms with Crippen LogP contribution in [0.1, 0.15) is 24.0 Å². The lowest BCUT2D eigenvalue weighted by atomic mass is 9.83. The van der Waals surface area contributed by atoms with Crippen LogP contribution in [0.2, 0.25) is 0 Å². The molecule has 21 heavy (non-hydrogen) atoms. The molecule has 2 atom stereocenters. The average Bonchev–Trinajstić information content (AvgIpc) is 2.45. The van der Waals surface area contributed by atoms with E-state index in [1.807, 2.05) is 24.3 Å². The Kier molecular flexibility index (Phi) is 4.57. The molecule has 0 saturated carbocycles. The van der Waals surface area contributed by atoms with Crippen molar-refractivity contribution in [1.29, 1.82) is 0 Å². The van der Waals surface area contributed by atoms with Gasteiger partial charge >= 0.3 is 11.9 Å². The fourth-order valence-electron chi connectivity index (χ4n) is 2.59. The first-order chi connectivity index (χ1) is 9.97. The number of carboxylic acids is 2. The molecule has 1 amide bonds. The molecule has 3 N–H and O–H groups in total. The van der Waals surface area contributed by atoms with Gasteiger partial charge in [0.15, 0.2) is 0 Å². The van der Waals surface area contributed by atoms with Crippen LogP contribution in [-0.2, 0) is 27.2 Å². The number of carboxylic acid groups (broad SMARTS) is 2. The third-order valence-electron chi connectivity index (χ3n) is 3.71. The third kappa shape index (κ3) is 3.81. The Morgan fingerprint density at radius 2 is 1.86 bits per heavy atom. The van der Waals surface area contributed by atoms with Crippen LogP contribution in [0, 0.1) is 5.92 Å². The Balaban J connectivity index is 2.01. The molecule has 0 saturated heterocycles. The number of benzene rings is 1. The summed E-state index contributed by atoms with van der Waals surface area (Å²) in [4.78, 5) is 33.7. The van der Waals surface area contributed by atoms with Gasteiger partial charge in [-0.25, -0.2) is 4.79 Å². The van der Waals surface area contributed by atoms with Gasteiger partial charge in [-0.1, -0.05) is 24.3 Å². The average molecular weight is 291 g/mol. The lowest BCUT2D eigenvalue weighted by Gasteiger charge is -2.25. The van der Waals surface area contributed by atoms with Crippen LogP contribution in [0.5, 0.6) is 0 Å². The molecule has 1 aliphatic rings. The van der Waals surface area contributed by atoms with Crippen molar-refractivity contribution in [2.75, 3.05) is 0 Å². The van der Waals surface area contributed by atoms with Crippen molar-refractivity contribution in [2.45, 2.75) is 31.7 Å². The quantitative estimate of drug-likeness (QED) is 0.745. The van der Waals surface area contributed by atoms with E-state index in [9.17, 15) is 14.4 Å². The Morgan fingerprint density at radius 3 is 2.48 bits per heavy atom. The molecule has 0 fully saturated rings. The Morgan fingerprint density at radius 1 is 1.19 bits per heavy atom. The molecule has 0 spiro atoms. The highest BCUT2D eigenvalue weighted by Crippen LogP contribution is 2.25. The molecule has 0 aliphatic heterocycles. The van der Waals surface area contributed by atoms with Crippen molar-refractivity contribution in [3.63, 3.8) is 0 Å². The lowest BCUT2D eigenvalue weighted by molar-refractivity contribution is -0.147. The Hall–Kier alpha value is -2.37. The van der Waals surface area contributed by atoms with Crippen LogP contribution in [0.15, 0.2) is 24.3 Å². The van der Waals surface area contributed by atoms with Gasteiger partial charge in [0.25, 0.3) is 0 Å². The largest absolute Gasteiger partial charge is 0.481 e. The molecule has 1 aliphatic carbocycles. The minimum Gasteiger partial charge on any atom is -0.481 e. The highest BCUT2D eigenvalue weighted by atomic mass is 16.4. The van der Waals surface area contributed by atoms with Crippen LogP contribution in [-0.4, -0.2) is 34.1 Å². The van der Waals surface area contributed by atoms with Gasteiger partial charge in [0, 0.05) is 5.92 Å². The van der Waals surface area contributed by atoms with Gasteiger partial charge in [-0.2, -0.15) is 0 Å². The molecule has 6 nitrogen and oxygen atoms in total. The van der Waals surface area contributed by atoms with Crippen molar-refractivity contribution in [2.24, 2.45) is 5.92 Å². The summed E-state index contributed by atoms with van der Waals surface area (Å²) in [7, 11) is 0. The summed E-state index contributed by atoms with van der Waals surface area (Å²) in [5, 5.41) is 19.9. The van der Waals surface area contributed by atoms with Crippen molar-refractivity contribution in [3.8, 4) is 0 Å². The van der Waals surface area contributed by atoms with E-state index in [-0.39, 0.29) is 5.92 Å². The van der Waals surface area contributed by atoms with E-state index in [2.05, 4.69) is 5.32 Å². The smallest absolute Gasteiger partial charge is 0.326 e. The van der Waals surface area contributed by atoms with Crippen molar-refractivity contribution in [1.82, 2.24) is 5.32 Å². The predicted molar refractivity (Wildman–Crippen MR) is 73.8 cm³/mol. The van der Waals surface area contributed by atoms with E-state index in [1.165, 1.54) is 5.56 Å². The molecule has 1 aromatic carbocycles. The molecule has 2 rings (SSSR count). The van der Waals surface area contributed by atoms with Crippen molar-refractivity contribution in [3.05, 3.63) is 35.4 Å². The summed E-state index contributed by atoms with van der Waals surface area (Å²) in [5.74, 6) is -3.28. The van der Waals surface area contributed by atoms with Gasteiger partial charge in [-0.15, -0.1) is 0 Å². The van der Waals surface area contributed by atoms with Crippen LogP contribution in [0.25, 0.3) is 0 Å². The van der Waals surface area contributed by atoms with Crippen LogP contribution in [0.3, 0.4) is 0 Å². The van der Waals surface area contributed by atoms with E-state index in [0.29, 0.717) is 12.8 Å². The van der Waals surface area contributed by atoms with E-state index in [1.54, 1.807) is 0 Å². The van der Waals surface area contributed by atoms with Gasteiger partial charge in [0.2, 0.25) is 5.91 Å². The zero-order valence-corrected chi connectivity index (χ0v) is 11.4. The monoisotopic (exact) mass is 291 g/mol. The molecule has 0 heterocycles. The van der Waals surface area contributed by atoms with E-state index in [0.717, 1.165) is 12.0 Å². The van der Waals surface area contributed by atoms with Crippen LogP contribution >= 0.6 is 0 Å². The van der Waals surface area contributed by atoms with Crippen LogP contribution < -0.4 is 5.32 Å². The molecular formula is C15H17NO5. The number of carbonyl (C=O) groups excluding carboxylic acids is 1. The molecule has 1 aromatic rings. The molecule has 6 heteroatoms. The number of rotatable bonds is 5. The lowest BCUT2D eigenvalue weighted by Crippen LogP contribution is -2.45. The Labute approximate surface area is 121 Å². The summed E-state index contributed by atoms with van der Waals surface area (Å²) in [6.07, 6.45) is 1.35. The minimum atomic E-state index is -1.38. The molecule has 0 bridgehead atoms. The summed E-state index contributed by atoms with van der Waals surface area (Å²) >= 11 is 0. The number of hydrogen-bond donors (Lipinski definition) is 3. The fourth-order valence-corrected chi connectivity index (χ4v) is 2.59. The number of aryl methyl sites for hydroxylation is 1. The maximum absolute atomic E-state index is 12.1. The first-order valence-electron chi connectivity index (χ1n) is 6.79. The zero-order valence-electron chi connectivity index (χ0n) is 11.4. The van der Waals surface area contributed by atoms with Gasteiger partial charge < -0.3 is 15.5 Å². The third-order valence-corrected chi connectivity index (χ3v) is 3.71. The Bertz CT molecular complexity index is 569. The molecular weight excluding hydrogens is 274 g/mol. The maximum atomic E-state index is 12.1. The zero-order chi connectivity index (χ0) is 15.4. The second kappa shape index (κ2) is 6.39. The molecule has 112 valence electrons. The number of aliphatic carboxylic acids is 2. The summed E-state index contributed by atoms with van der Waals surface area (Å²) in [6, 6.07) is 6.46. The van der Waals surface area contributed by atoms with E-state index < -0.39 is 30.3 Å². The number of hydrogen-bond acceptors (Lipinski definition) is 3. The summed E-state index contributed by atoms with van der Waals surface area (Å²) in [6.45, 7) is 0. The summed E-state index contributed by atoms with van der Waals surface area (Å²) in [5.41, 5.74) is 2.30. The van der Waals surface area contributed by atoms with E-state index >= 15 is 0 Å². The normalized spacial score (nSPS) is 18.4. The van der Waals surface area contributed by atoms with Gasteiger partial charge in [0.05, 0.1) is 6.42 Å². The standard InChI is InChI=1S/C15H17NO5/c17-13(18)8-12(15(20)21)16-14(19)11-6-5-9-3-1-2-4-10(9)7-11/h1-4,11-12H,5-8H2,(H,16,19)(H,17,18)(H,20,21). The summed E-state index contributed by atoms with van der Waals surface area (Å²) < 4.78 is 0. The number of fused-ring (bicyclic) bond motifs is 1. The minimum absolute atomic E-state index is 0.310. The van der Waals surface area contributed by atoms with Crippen molar-refractivity contribution < 1.29 is 24.6 Å². The number of amides is 1. The van der Waals surface area contributed by atoms with E-state index in [4.69, 9.17) is 10.2 Å². The number of carbonyl (C=O) groups is 3. The van der Waals surface area contributed by atoms with Gasteiger partial charge in [-0.05, 0) is 30.4 Å². The predicted octanol–water partition coefficient (Wildman–Crippen LogP) is 0.836. The highest BCUT2D eigenvalue weighted by molar-refractivity contribution is 5.88. The van der Waals surface area contributed by atoms with Gasteiger partial charge in [-0.3, -0.25) is 9.59 Å². The maximum Gasteiger partial charge on any atom is 0.326 e. The number of nitrogens with one attached hydrogen (secondary N) is 1. The highest BCUT2D eigenvalue weighted by Gasteiger charge is 2.29. The molecule has 2 unspecified atom stereocenters. The van der Waals surface area contributed by atoms with Crippen molar-refractivity contribution >= 4 is 17.8 Å². The molecule has 0 radical (unpaired) electrons. The topological polar surface area (TPSA) is 104 Å². The SMILES string of the molecule is O=C(O)CC(NC(=O)C1CCc2ccccc2C1)C(=O)O. The second-order valence-electron chi connectivity index (χ2n) is 5.21.